The van der Waals surface area contributed by atoms with Gasteiger partial charge in [0, 0.05) is 20.5 Å². The number of rotatable bonds is 3. The molecule has 0 unspecified atom stereocenters. The minimum absolute atomic E-state index is 0.212. The first-order valence-corrected chi connectivity index (χ1v) is 6.91. The standard InChI is InChI=1S/C12H16ClN5O3/c1-17(2)10-9-11(15-5-14-10)18(12(13)16-9)8-3-6(20)7(4-19)21-8/h5-8,19-20H,3-4H2,1-2H3/t6-,7+,8-/m1/s1. The Hall–Kier alpha value is -1.48. The van der Waals surface area contributed by atoms with E-state index in [4.69, 9.17) is 16.3 Å². The van der Waals surface area contributed by atoms with Crippen molar-refractivity contribution in [1.29, 1.82) is 0 Å². The van der Waals surface area contributed by atoms with Crippen LogP contribution in [0.5, 0.6) is 0 Å². The summed E-state index contributed by atoms with van der Waals surface area (Å²) >= 11 is 6.20. The van der Waals surface area contributed by atoms with Gasteiger partial charge in [0.25, 0.3) is 0 Å². The van der Waals surface area contributed by atoms with Gasteiger partial charge in [0.2, 0.25) is 5.28 Å². The van der Waals surface area contributed by atoms with Gasteiger partial charge < -0.3 is 19.8 Å². The smallest absolute Gasteiger partial charge is 0.207 e. The number of halogens is 1. The zero-order chi connectivity index (χ0) is 15.1. The molecule has 0 saturated carbocycles. The Balaban J connectivity index is 2.08. The normalized spacial score (nSPS) is 25.7. The van der Waals surface area contributed by atoms with E-state index in [0.717, 1.165) is 0 Å². The SMILES string of the molecule is CN(C)c1ncnc2c1nc(Cl)n2[C@H]1C[C@@H](O)[C@H](CO)O1. The van der Waals surface area contributed by atoms with Crippen LogP contribution in [0.1, 0.15) is 12.6 Å². The zero-order valence-electron chi connectivity index (χ0n) is 11.6. The first kappa shape index (κ1) is 14.5. The fraction of sp³-hybridized carbons (Fsp3) is 0.583. The molecule has 3 atom stereocenters. The molecule has 9 heteroatoms. The summed E-state index contributed by atoms with van der Waals surface area (Å²) in [6, 6.07) is 0. The van der Waals surface area contributed by atoms with Crippen molar-refractivity contribution in [2.75, 3.05) is 25.6 Å². The average Bonchev–Trinajstić information content (AvgIpc) is 2.96. The predicted molar refractivity (Wildman–Crippen MR) is 76.3 cm³/mol. The number of aromatic nitrogens is 4. The maximum absolute atomic E-state index is 9.86. The summed E-state index contributed by atoms with van der Waals surface area (Å²) in [5, 5.41) is 19.2. The molecule has 2 aromatic rings. The molecule has 3 heterocycles. The summed E-state index contributed by atoms with van der Waals surface area (Å²) < 4.78 is 7.24. The summed E-state index contributed by atoms with van der Waals surface area (Å²) in [7, 11) is 3.71. The molecule has 1 aliphatic heterocycles. The largest absolute Gasteiger partial charge is 0.394 e. The summed E-state index contributed by atoms with van der Waals surface area (Å²) in [4.78, 5) is 14.5. The van der Waals surface area contributed by atoms with E-state index in [9.17, 15) is 10.2 Å². The maximum atomic E-state index is 9.86. The molecular formula is C12H16ClN5O3. The Morgan fingerprint density at radius 2 is 2.24 bits per heavy atom. The lowest BCUT2D eigenvalue weighted by Crippen LogP contribution is -2.24. The quantitative estimate of drug-likeness (QED) is 0.781. The lowest BCUT2D eigenvalue weighted by molar-refractivity contribution is -0.0431. The summed E-state index contributed by atoms with van der Waals surface area (Å²) in [5.74, 6) is 0.651. The van der Waals surface area contributed by atoms with Gasteiger partial charge in [-0.2, -0.15) is 0 Å². The third-order valence-corrected chi connectivity index (χ3v) is 3.78. The Morgan fingerprint density at radius 1 is 1.48 bits per heavy atom. The number of aliphatic hydroxyl groups excluding tert-OH is 2. The fourth-order valence-electron chi connectivity index (χ4n) is 2.49. The molecule has 0 bridgehead atoms. The number of imidazole rings is 1. The molecule has 3 rings (SSSR count). The van der Waals surface area contributed by atoms with E-state index in [1.165, 1.54) is 6.33 Å². The lowest BCUT2D eigenvalue weighted by Gasteiger charge is -2.15. The average molecular weight is 314 g/mol. The number of ether oxygens (including phenoxy) is 1. The van der Waals surface area contributed by atoms with Gasteiger partial charge in [0.05, 0.1) is 12.7 Å². The van der Waals surface area contributed by atoms with Gasteiger partial charge >= 0.3 is 0 Å². The lowest BCUT2D eigenvalue weighted by atomic mass is 10.2. The zero-order valence-corrected chi connectivity index (χ0v) is 12.4. The maximum Gasteiger partial charge on any atom is 0.207 e. The fourth-order valence-corrected chi connectivity index (χ4v) is 2.76. The van der Waals surface area contributed by atoms with Crippen molar-refractivity contribution in [3.63, 3.8) is 0 Å². The van der Waals surface area contributed by atoms with Crippen molar-refractivity contribution < 1.29 is 14.9 Å². The summed E-state index contributed by atoms with van der Waals surface area (Å²) in [5.41, 5.74) is 1.10. The summed E-state index contributed by atoms with van der Waals surface area (Å²) in [6.45, 7) is -0.250. The van der Waals surface area contributed by atoms with Crippen LogP contribution in [0.4, 0.5) is 5.82 Å². The topological polar surface area (TPSA) is 96.5 Å². The van der Waals surface area contributed by atoms with Crippen LogP contribution in [0.25, 0.3) is 11.2 Å². The van der Waals surface area contributed by atoms with Gasteiger partial charge in [-0.1, -0.05) is 0 Å². The second-order valence-electron chi connectivity index (χ2n) is 5.13. The van der Waals surface area contributed by atoms with Gasteiger partial charge in [-0.05, 0) is 11.6 Å². The van der Waals surface area contributed by atoms with Crippen molar-refractivity contribution in [2.45, 2.75) is 24.9 Å². The van der Waals surface area contributed by atoms with Crippen molar-refractivity contribution >= 4 is 28.6 Å². The van der Waals surface area contributed by atoms with Crippen molar-refractivity contribution in [2.24, 2.45) is 0 Å². The van der Waals surface area contributed by atoms with Crippen LogP contribution in [-0.2, 0) is 4.74 Å². The van der Waals surface area contributed by atoms with Crippen LogP contribution >= 0.6 is 11.6 Å². The monoisotopic (exact) mass is 313 g/mol. The van der Waals surface area contributed by atoms with Crippen LogP contribution in [0.3, 0.4) is 0 Å². The highest BCUT2D eigenvalue weighted by Gasteiger charge is 2.36. The molecule has 0 radical (unpaired) electrons. The Labute approximate surface area is 126 Å². The third kappa shape index (κ3) is 2.34. The highest BCUT2D eigenvalue weighted by Crippen LogP contribution is 2.34. The van der Waals surface area contributed by atoms with E-state index in [0.29, 0.717) is 23.4 Å². The number of fused-ring (bicyclic) bond motifs is 1. The second-order valence-corrected chi connectivity index (χ2v) is 5.47. The van der Waals surface area contributed by atoms with Crippen LogP contribution in [0.2, 0.25) is 5.28 Å². The van der Waals surface area contributed by atoms with Crippen LogP contribution < -0.4 is 4.90 Å². The minimum atomic E-state index is -0.747. The number of nitrogens with zero attached hydrogens (tertiary/aromatic N) is 5. The van der Waals surface area contributed by atoms with E-state index >= 15 is 0 Å². The molecule has 0 aliphatic carbocycles. The van der Waals surface area contributed by atoms with Crippen LogP contribution in [0, 0.1) is 0 Å². The Kier molecular flexibility index (Phi) is 3.70. The molecule has 0 spiro atoms. The van der Waals surface area contributed by atoms with Gasteiger partial charge in [-0.15, -0.1) is 0 Å². The van der Waals surface area contributed by atoms with Crippen molar-refractivity contribution in [3.05, 3.63) is 11.6 Å². The molecular weight excluding hydrogens is 298 g/mol. The van der Waals surface area contributed by atoms with Crippen molar-refractivity contribution in [1.82, 2.24) is 19.5 Å². The van der Waals surface area contributed by atoms with E-state index < -0.39 is 18.4 Å². The van der Waals surface area contributed by atoms with Gasteiger partial charge in [0.15, 0.2) is 17.0 Å². The molecule has 2 N–H and O–H groups in total. The second kappa shape index (κ2) is 5.38. The number of anilines is 1. The molecule has 2 aromatic heterocycles. The molecule has 8 nitrogen and oxygen atoms in total. The number of aliphatic hydroxyl groups is 2. The van der Waals surface area contributed by atoms with Gasteiger partial charge in [0.1, 0.15) is 18.7 Å². The van der Waals surface area contributed by atoms with Crippen molar-refractivity contribution in [3.8, 4) is 0 Å². The number of hydrogen-bond acceptors (Lipinski definition) is 7. The number of hydrogen-bond donors (Lipinski definition) is 2. The van der Waals surface area contributed by atoms with Gasteiger partial charge in [-0.25, -0.2) is 15.0 Å². The highest BCUT2D eigenvalue weighted by molar-refractivity contribution is 6.29. The molecule has 0 amide bonds. The third-order valence-electron chi connectivity index (χ3n) is 3.51. The van der Waals surface area contributed by atoms with E-state index in [-0.39, 0.29) is 11.9 Å². The van der Waals surface area contributed by atoms with E-state index in [1.807, 2.05) is 19.0 Å². The molecule has 114 valence electrons. The minimum Gasteiger partial charge on any atom is -0.394 e. The first-order chi connectivity index (χ1) is 10.0. The molecule has 1 saturated heterocycles. The van der Waals surface area contributed by atoms with Crippen LogP contribution in [-0.4, -0.2) is 62.6 Å². The molecule has 1 aliphatic rings. The molecule has 0 aromatic carbocycles. The Bertz CT molecular complexity index is 662. The molecule has 1 fully saturated rings. The van der Waals surface area contributed by atoms with Crippen LogP contribution in [0.15, 0.2) is 6.33 Å². The molecule has 21 heavy (non-hydrogen) atoms. The van der Waals surface area contributed by atoms with E-state index in [1.54, 1.807) is 4.57 Å². The first-order valence-electron chi connectivity index (χ1n) is 6.53. The predicted octanol–water partition coefficient (Wildman–Crippen LogP) is 0.186. The summed E-state index contributed by atoms with van der Waals surface area (Å²) in [6.07, 6.45) is -0.138. The Morgan fingerprint density at radius 3 is 2.86 bits per heavy atom. The van der Waals surface area contributed by atoms with E-state index in [2.05, 4.69) is 15.0 Å². The highest BCUT2D eigenvalue weighted by atomic mass is 35.5. The van der Waals surface area contributed by atoms with Gasteiger partial charge in [-0.3, -0.25) is 4.57 Å².